The first-order valence-corrected chi connectivity index (χ1v) is 9.75. The van der Waals surface area contributed by atoms with Crippen LogP contribution in [0.25, 0.3) is 11.3 Å². The summed E-state index contributed by atoms with van der Waals surface area (Å²) in [7, 11) is 0. The second kappa shape index (κ2) is 9.03. The highest BCUT2D eigenvalue weighted by molar-refractivity contribution is 6.05. The number of nitrogens with one attached hydrogen (secondary N) is 2. The zero-order valence-corrected chi connectivity index (χ0v) is 17.3. The van der Waals surface area contributed by atoms with E-state index in [2.05, 4.69) is 30.6 Å². The van der Waals surface area contributed by atoms with E-state index in [1.54, 1.807) is 42.9 Å². The molecule has 1 amide bonds. The maximum absolute atomic E-state index is 13.3. The van der Waals surface area contributed by atoms with Gasteiger partial charge in [0.05, 0.1) is 16.8 Å². The molecule has 2 N–H and O–H groups in total. The van der Waals surface area contributed by atoms with E-state index in [0.29, 0.717) is 28.6 Å². The summed E-state index contributed by atoms with van der Waals surface area (Å²) in [4.78, 5) is 29.2. The SMILES string of the molecule is Cc1ccc(NC(=O)c2ccccc2C(F)(F)F)cc1Nc1nccc(-c2cncnc2)n1. The number of hydrogen-bond donors (Lipinski definition) is 2. The molecule has 166 valence electrons. The fourth-order valence-corrected chi connectivity index (χ4v) is 3.09. The molecule has 0 radical (unpaired) electrons. The molecular weight excluding hydrogens is 433 g/mol. The maximum Gasteiger partial charge on any atom is 0.417 e. The molecule has 0 bridgehead atoms. The first-order chi connectivity index (χ1) is 15.8. The summed E-state index contributed by atoms with van der Waals surface area (Å²) in [5.41, 5.74) is 1.59. The van der Waals surface area contributed by atoms with E-state index in [-0.39, 0.29) is 0 Å². The lowest BCUT2D eigenvalue weighted by Crippen LogP contribution is -2.18. The molecule has 0 aliphatic rings. The van der Waals surface area contributed by atoms with Crippen LogP contribution in [-0.2, 0) is 6.18 Å². The van der Waals surface area contributed by atoms with Crippen LogP contribution in [0.3, 0.4) is 0 Å². The smallest absolute Gasteiger partial charge is 0.324 e. The van der Waals surface area contributed by atoms with Gasteiger partial charge in [0.1, 0.15) is 6.33 Å². The average molecular weight is 450 g/mol. The Morgan fingerprint density at radius 2 is 1.76 bits per heavy atom. The van der Waals surface area contributed by atoms with Crippen molar-refractivity contribution in [2.24, 2.45) is 0 Å². The molecule has 4 aromatic rings. The molecule has 0 aliphatic heterocycles. The van der Waals surface area contributed by atoms with Crippen molar-refractivity contribution in [1.29, 1.82) is 0 Å². The minimum atomic E-state index is -4.64. The van der Waals surface area contributed by atoms with Crippen LogP contribution in [-0.4, -0.2) is 25.8 Å². The quantitative estimate of drug-likeness (QED) is 0.431. The van der Waals surface area contributed by atoms with Crippen LogP contribution in [0, 0.1) is 6.92 Å². The normalized spacial score (nSPS) is 11.2. The monoisotopic (exact) mass is 450 g/mol. The molecule has 0 spiro atoms. The van der Waals surface area contributed by atoms with E-state index in [0.717, 1.165) is 17.7 Å². The molecule has 7 nitrogen and oxygen atoms in total. The van der Waals surface area contributed by atoms with Crippen molar-refractivity contribution in [1.82, 2.24) is 19.9 Å². The first kappa shape index (κ1) is 21.9. The molecular formula is C23H17F3N6O. The number of halogens is 3. The van der Waals surface area contributed by atoms with Crippen molar-refractivity contribution >= 4 is 23.2 Å². The lowest BCUT2D eigenvalue weighted by atomic mass is 10.1. The fourth-order valence-electron chi connectivity index (χ4n) is 3.09. The second-order valence-electron chi connectivity index (χ2n) is 7.04. The van der Waals surface area contributed by atoms with Crippen LogP contribution in [0.5, 0.6) is 0 Å². The van der Waals surface area contributed by atoms with Gasteiger partial charge in [0.15, 0.2) is 0 Å². The predicted octanol–water partition coefficient (Wildman–Crippen LogP) is 5.26. The van der Waals surface area contributed by atoms with E-state index in [9.17, 15) is 18.0 Å². The molecule has 0 aliphatic carbocycles. The number of anilines is 3. The number of nitrogens with zero attached hydrogens (tertiary/aromatic N) is 4. The van der Waals surface area contributed by atoms with Crippen LogP contribution < -0.4 is 10.6 Å². The lowest BCUT2D eigenvalue weighted by molar-refractivity contribution is -0.137. The van der Waals surface area contributed by atoms with Gasteiger partial charge < -0.3 is 10.6 Å². The zero-order valence-electron chi connectivity index (χ0n) is 17.3. The molecule has 0 saturated carbocycles. The van der Waals surface area contributed by atoms with Gasteiger partial charge in [-0.15, -0.1) is 0 Å². The maximum atomic E-state index is 13.3. The lowest BCUT2D eigenvalue weighted by Gasteiger charge is -2.14. The molecule has 0 saturated heterocycles. The molecule has 0 atom stereocenters. The first-order valence-electron chi connectivity index (χ1n) is 9.75. The highest BCUT2D eigenvalue weighted by Crippen LogP contribution is 2.32. The van der Waals surface area contributed by atoms with Crippen LogP contribution in [0.1, 0.15) is 21.5 Å². The number of aryl methyl sites for hydroxylation is 1. The summed E-state index contributed by atoms with van der Waals surface area (Å²) in [5, 5.41) is 5.60. The topological polar surface area (TPSA) is 92.7 Å². The third kappa shape index (κ3) is 5.12. The minimum absolute atomic E-state index is 0.297. The van der Waals surface area contributed by atoms with Crippen molar-refractivity contribution < 1.29 is 18.0 Å². The van der Waals surface area contributed by atoms with E-state index in [1.807, 2.05) is 6.92 Å². The van der Waals surface area contributed by atoms with Gasteiger partial charge in [0, 0.05) is 35.5 Å². The third-order valence-corrected chi connectivity index (χ3v) is 4.73. The highest BCUT2D eigenvalue weighted by Gasteiger charge is 2.34. The Morgan fingerprint density at radius 1 is 1.00 bits per heavy atom. The summed E-state index contributed by atoms with van der Waals surface area (Å²) in [6.45, 7) is 1.84. The molecule has 2 heterocycles. The molecule has 0 unspecified atom stereocenters. The van der Waals surface area contributed by atoms with E-state index < -0.39 is 23.2 Å². The van der Waals surface area contributed by atoms with Crippen molar-refractivity contribution in [2.45, 2.75) is 13.1 Å². The number of alkyl halides is 3. The number of rotatable bonds is 5. The number of carbonyl (C=O) groups is 1. The number of benzene rings is 2. The molecule has 0 fully saturated rings. The fraction of sp³-hybridized carbons (Fsp3) is 0.0870. The van der Waals surface area contributed by atoms with Crippen LogP contribution >= 0.6 is 0 Å². The molecule has 4 rings (SSSR count). The van der Waals surface area contributed by atoms with Crippen molar-refractivity contribution in [3.63, 3.8) is 0 Å². The molecule has 2 aromatic carbocycles. The van der Waals surface area contributed by atoms with Crippen LogP contribution in [0.4, 0.5) is 30.5 Å². The van der Waals surface area contributed by atoms with E-state index in [4.69, 9.17) is 0 Å². The summed E-state index contributed by atoms with van der Waals surface area (Å²) >= 11 is 0. The predicted molar refractivity (Wildman–Crippen MR) is 117 cm³/mol. The second-order valence-corrected chi connectivity index (χ2v) is 7.04. The number of carbonyl (C=O) groups excluding carboxylic acids is 1. The van der Waals surface area contributed by atoms with Gasteiger partial charge in [0.2, 0.25) is 5.95 Å². The third-order valence-electron chi connectivity index (χ3n) is 4.73. The zero-order chi connectivity index (χ0) is 23.4. The number of aromatic nitrogens is 4. The number of hydrogen-bond acceptors (Lipinski definition) is 6. The van der Waals surface area contributed by atoms with Gasteiger partial charge in [-0.05, 0) is 42.8 Å². The van der Waals surface area contributed by atoms with Crippen LogP contribution in [0.15, 0.2) is 73.4 Å². The Labute approximate surface area is 186 Å². The van der Waals surface area contributed by atoms with Gasteiger partial charge >= 0.3 is 6.18 Å². The van der Waals surface area contributed by atoms with E-state index >= 15 is 0 Å². The summed E-state index contributed by atoms with van der Waals surface area (Å²) in [6, 6.07) is 11.3. The van der Waals surface area contributed by atoms with E-state index in [1.165, 1.54) is 18.5 Å². The Kier molecular flexibility index (Phi) is 5.99. The van der Waals surface area contributed by atoms with Gasteiger partial charge in [-0.1, -0.05) is 18.2 Å². The summed E-state index contributed by atoms with van der Waals surface area (Å²) < 4.78 is 39.8. The Hall–Kier alpha value is -4.34. The summed E-state index contributed by atoms with van der Waals surface area (Å²) in [5.74, 6) is -0.564. The van der Waals surface area contributed by atoms with Crippen molar-refractivity contribution in [2.75, 3.05) is 10.6 Å². The molecule has 33 heavy (non-hydrogen) atoms. The number of amides is 1. The average Bonchev–Trinajstić information content (AvgIpc) is 2.81. The van der Waals surface area contributed by atoms with Gasteiger partial charge in [-0.3, -0.25) is 4.79 Å². The highest BCUT2D eigenvalue weighted by atomic mass is 19.4. The van der Waals surface area contributed by atoms with Gasteiger partial charge in [-0.2, -0.15) is 13.2 Å². The van der Waals surface area contributed by atoms with Gasteiger partial charge in [-0.25, -0.2) is 19.9 Å². The van der Waals surface area contributed by atoms with Crippen molar-refractivity contribution in [3.8, 4) is 11.3 Å². The summed E-state index contributed by atoms with van der Waals surface area (Å²) in [6.07, 6.45) is 1.60. The minimum Gasteiger partial charge on any atom is -0.324 e. The van der Waals surface area contributed by atoms with Crippen molar-refractivity contribution in [3.05, 3.63) is 90.1 Å². The Balaban J connectivity index is 1.57. The Morgan fingerprint density at radius 3 is 2.52 bits per heavy atom. The largest absolute Gasteiger partial charge is 0.417 e. The van der Waals surface area contributed by atoms with Gasteiger partial charge in [0.25, 0.3) is 5.91 Å². The molecule has 2 aromatic heterocycles. The standard InChI is InChI=1S/C23H17F3N6O/c1-14-6-7-16(30-21(33)17-4-2-3-5-18(17)23(24,25)26)10-20(14)32-22-29-9-8-19(31-22)15-11-27-13-28-12-15/h2-13H,1H3,(H,30,33)(H,29,31,32). The van der Waals surface area contributed by atoms with Crippen LogP contribution in [0.2, 0.25) is 0 Å². The Bertz CT molecular complexity index is 1290. The molecule has 10 heteroatoms.